The largest absolute Gasteiger partial charge is 0.479 e. The van der Waals surface area contributed by atoms with Crippen LogP contribution < -0.4 is 0 Å². The Bertz CT molecular complexity index is 180. The maximum atomic E-state index is 10.9. The Labute approximate surface area is 97.9 Å². The Morgan fingerprint density at radius 3 is 2.50 bits per heavy atom. The maximum Gasteiger partial charge on any atom is 0.332 e. The zero-order valence-electron chi connectivity index (χ0n) is 10.6. The molecule has 0 aliphatic heterocycles. The van der Waals surface area contributed by atoms with Gasteiger partial charge in [-0.25, -0.2) is 4.79 Å². The standard InChI is InChI=1S/C12H24O4/c1-4-5-8-15-9-16-11(12(13)14)7-6-10(2)3/h10-11H,4-9H2,1-3H3,(H,13,14). The van der Waals surface area contributed by atoms with Crippen LogP contribution in [0, 0.1) is 5.92 Å². The second-order valence-electron chi connectivity index (χ2n) is 4.34. The van der Waals surface area contributed by atoms with Gasteiger partial charge in [-0.15, -0.1) is 0 Å². The number of carbonyl (C=O) groups is 1. The van der Waals surface area contributed by atoms with Crippen molar-refractivity contribution in [3.05, 3.63) is 0 Å². The van der Waals surface area contributed by atoms with Crippen molar-refractivity contribution in [1.29, 1.82) is 0 Å². The third-order valence-corrected chi connectivity index (χ3v) is 2.28. The molecule has 1 N–H and O–H groups in total. The summed E-state index contributed by atoms with van der Waals surface area (Å²) in [6.07, 6.45) is 2.71. The van der Waals surface area contributed by atoms with Crippen molar-refractivity contribution < 1.29 is 19.4 Å². The van der Waals surface area contributed by atoms with Gasteiger partial charge in [-0.2, -0.15) is 0 Å². The van der Waals surface area contributed by atoms with Crippen molar-refractivity contribution in [2.24, 2.45) is 5.92 Å². The minimum Gasteiger partial charge on any atom is -0.479 e. The average molecular weight is 232 g/mol. The topological polar surface area (TPSA) is 55.8 Å². The van der Waals surface area contributed by atoms with Crippen molar-refractivity contribution in [2.45, 2.75) is 52.6 Å². The molecule has 0 heterocycles. The number of hydrogen-bond donors (Lipinski definition) is 1. The average Bonchev–Trinajstić information content (AvgIpc) is 2.21. The third-order valence-electron chi connectivity index (χ3n) is 2.28. The number of hydrogen-bond acceptors (Lipinski definition) is 3. The number of carboxylic acid groups (broad SMARTS) is 1. The van der Waals surface area contributed by atoms with Crippen LogP contribution in [-0.2, 0) is 14.3 Å². The summed E-state index contributed by atoms with van der Waals surface area (Å²) in [5.74, 6) is -0.411. The summed E-state index contributed by atoms with van der Waals surface area (Å²) >= 11 is 0. The predicted octanol–water partition coefficient (Wildman–Crippen LogP) is 2.67. The van der Waals surface area contributed by atoms with Gasteiger partial charge in [-0.3, -0.25) is 0 Å². The summed E-state index contributed by atoms with van der Waals surface area (Å²) in [5, 5.41) is 8.91. The van der Waals surface area contributed by atoms with Gasteiger partial charge >= 0.3 is 5.97 Å². The first-order valence-corrected chi connectivity index (χ1v) is 6.00. The third kappa shape index (κ3) is 8.68. The predicted molar refractivity (Wildman–Crippen MR) is 62.3 cm³/mol. The quantitative estimate of drug-likeness (QED) is 0.465. The van der Waals surface area contributed by atoms with E-state index in [1.165, 1.54) is 0 Å². The maximum absolute atomic E-state index is 10.9. The molecular formula is C12H24O4. The van der Waals surface area contributed by atoms with Crippen LogP contribution in [0.1, 0.15) is 46.5 Å². The van der Waals surface area contributed by atoms with E-state index < -0.39 is 12.1 Å². The molecule has 0 aliphatic rings. The van der Waals surface area contributed by atoms with Crippen LogP contribution in [0.5, 0.6) is 0 Å². The molecule has 0 aromatic carbocycles. The van der Waals surface area contributed by atoms with Crippen LogP contribution >= 0.6 is 0 Å². The first-order valence-electron chi connectivity index (χ1n) is 6.00. The summed E-state index contributed by atoms with van der Waals surface area (Å²) in [6.45, 7) is 6.92. The number of aliphatic carboxylic acids is 1. The summed E-state index contributed by atoms with van der Waals surface area (Å²) in [4.78, 5) is 10.9. The molecule has 0 fully saturated rings. The highest BCUT2D eigenvalue weighted by atomic mass is 16.7. The Hall–Kier alpha value is -0.610. The summed E-state index contributed by atoms with van der Waals surface area (Å²) in [6, 6.07) is 0. The summed E-state index contributed by atoms with van der Waals surface area (Å²) < 4.78 is 10.4. The Balaban J connectivity index is 3.64. The molecule has 0 aromatic heterocycles. The zero-order chi connectivity index (χ0) is 12.4. The van der Waals surface area contributed by atoms with Gasteiger partial charge in [0.25, 0.3) is 0 Å². The lowest BCUT2D eigenvalue weighted by Gasteiger charge is -2.14. The molecule has 4 heteroatoms. The molecular weight excluding hydrogens is 208 g/mol. The van der Waals surface area contributed by atoms with E-state index >= 15 is 0 Å². The number of ether oxygens (including phenoxy) is 2. The molecule has 16 heavy (non-hydrogen) atoms. The molecule has 1 atom stereocenters. The normalized spacial score (nSPS) is 13.0. The van der Waals surface area contributed by atoms with Crippen LogP contribution in [0.2, 0.25) is 0 Å². The van der Waals surface area contributed by atoms with E-state index in [0.717, 1.165) is 19.3 Å². The second kappa shape index (κ2) is 9.60. The first kappa shape index (κ1) is 15.4. The van der Waals surface area contributed by atoms with Crippen molar-refractivity contribution in [2.75, 3.05) is 13.4 Å². The summed E-state index contributed by atoms with van der Waals surface area (Å²) in [7, 11) is 0. The van der Waals surface area contributed by atoms with Gasteiger partial charge < -0.3 is 14.6 Å². The lowest BCUT2D eigenvalue weighted by Crippen LogP contribution is -2.25. The van der Waals surface area contributed by atoms with E-state index in [2.05, 4.69) is 20.8 Å². The van der Waals surface area contributed by atoms with Gasteiger partial charge in [0.15, 0.2) is 6.10 Å². The molecule has 0 saturated heterocycles. The van der Waals surface area contributed by atoms with Crippen molar-refractivity contribution in [1.82, 2.24) is 0 Å². The van der Waals surface area contributed by atoms with E-state index in [-0.39, 0.29) is 6.79 Å². The Kier molecular flexibility index (Phi) is 9.24. The molecule has 0 bridgehead atoms. The van der Waals surface area contributed by atoms with Gasteiger partial charge in [-0.05, 0) is 25.2 Å². The summed E-state index contributed by atoms with van der Waals surface area (Å²) in [5.41, 5.74) is 0. The SMILES string of the molecule is CCCCOCOC(CCC(C)C)C(=O)O. The zero-order valence-corrected chi connectivity index (χ0v) is 10.6. The molecule has 0 rings (SSSR count). The fourth-order valence-electron chi connectivity index (χ4n) is 1.20. The minimum absolute atomic E-state index is 0.0784. The highest BCUT2D eigenvalue weighted by Crippen LogP contribution is 2.10. The minimum atomic E-state index is -0.903. The van der Waals surface area contributed by atoms with Crippen LogP contribution in [-0.4, -0.2) is 30.6 Å². The van der Waals surface area contributed by atoms with Crippen LogP contribution in [0.15, 0.2) is 0 Å². The van der Waals surface area contributed by atoms with E-state index in [9.17, 15) is 4.79 Å². The number of carboxylic acids is 1. The van der Waals surface area contributed by atoms with Gasteiger partial charge in [0.2, 0.25) is 0 Å². The van der Waals surface area contributed by atoms with E-state index in [1.807, 2.05) is 0 Å². The lowest BCUT2D eigenvalue weighted by molar-refractivity contribution is -0.161. The lowest BCUT2D eigenvalue weighted by atomic mass is 10.1. The highest BCUT2D eigenvalue weighted by molar-refractivity contribution is 5.72. The van der Waals surface area contributed by atoms with E-state index in [1.54, 1.807) is 0 Å². The van der Waals surface area contributed by atoms with Gasteiger partial charge in [-0.1, -0.05) is 27.2 Å². The smallest absolute Gasteiger partial charge is 0.332 e. The van der Waals surface area contributed by atoms with Crippen LogP contribution in [0.25, 0.3) is 0 Å². The fraction of sp³-hybridized carbons (Fsp3) is 0.917. The molecule has 0 radical (unpaired) electrons. The van der Waals surface area contributed by atoms with Crippen molar-refractivity contribution in [3.8, 4) is 0 Å². The fourth-order valence-corrected chi connectivity index (χ4v) is 1.20. The van der Waals surface area contributed by atoms with Gasteiger partial charge in [0.1, 0.15) is 6.79 Å². The molecule has 0 aliphatic carbocycles. The molecule has 0 spiro atoms. The van der Waals surface area contributed by atoms with E-state index in [0.29, 0.717) is 18.9 Å². The van der Waals surface area contributed by atoms with Crippen molar-refractivity contribution in [3.63, 3.8) is 0 Å². The molecule has 0 saturated carbocycles. The molecule has 4 nitrogen and oxygen atoms in total. The number of rotatable bonds is 10. The monoisotopic (exact) mass is 232 g/mol. The molecule has 1 unspecified atom stereocenters. The molecule has 0 aromatic rings. The van der Waals surface area contributed by atoms with Crippen LogP contribution in [0.3, 0.4) is 0 Å². The first-order chi connectivity index (χ1) is 7.57. The van der Waals surface area contributed by atoms with Gasteiger partial charge in [0, 0.05) is 6.61 Å². The van der Waals surface area contributed by atoms with Crippen molar-refractivity contribution >= 4 is 5.97 Å². The van der Waals surface area contributed by atoms with Crippen LogP contribution in [0.4, 0.5) is 0 Å². The van der Waals surface area contributed by atoms with Gasteiger partial charge in [0.05, 0.1) is 0 Å². The number of unbranched alkanes of at least 4 members (excludes halogenated alkanes) is 1. The Morgan fingerprint density at radius 2 is 2.00 bits per heavy atom. The second-order valence-corrected chi connectivity index (χ2v) is 4.34. The molecule has 96 valence electrons. The molecule has 0 amide bonds. The Morgan fingerprint density at radius 1 is 1.31 bits per heavy atom. The van der Waals surface area contributed by atoms with E-state index in [4.69, 9.17) is 14.6 Å². The highest BCUT2D eigenvalue weighted by Gasteiger charge is 2.18.